The van der Waals surface area contributed by atoms with Crippen molar-refractivity contribution in [2.24, 2.45) is 0 Å². The van der Waals surface area contributed by atoms with E-state index in [0.29, 0.717) is 5.56 Å². The summed E-state index contributed by atoms with van der Waals surface area (Å²) in [6, 6.07) is 1.68. The molecule has 1 aromatic rings. The van der Waals surface area contributed by atoms with E-state index < -0.39 is 23.7 Å². The Morgan fingerprint density at radius 3 is 2.79 bits per heavy atom. The second-order valence-corrected chi connectivity index (χ2v) is 2.77. The lowest BCUT2D eigenvalue weighted by atomic mass is 10.1. The zero-order valence-corrected chi connectivity index (χ0v) is 7.28. The van der Waals surface area contributed by atoms with Crippen LogP contribution in [-0.2, 0) is 0 Å². The smallest absolute Gasteiger partial charge is 0.265 e. The first-order valence-corrected chi connectivity index (χ1v) is 3.99. The van der Waals surface area contributed by atoms with E-state index in [4.69, 9.17) is 5.11 Å². The first kappa shape index (κ1) is 10.6. The number of hydrogen-bond acceptors (Lipinski definition) is 5. The molecule has 6 heteroatoms. The van der Waals surface area contributed by atoms with Gasteiger partial charge in [-0.05, 0) is 6.07 Å². The second-order valence-electron chi connectivity index (χ2n) is 2.77. The molecule has 0 saturated carbocycles. The molecule has 6 nitrogen and oxygen atoms in total. The second kappa shape index (κ2) is 4.64. The minimum absolute atomic E-state index is 0.322. The van der Waals surface area contributed by atoms with Crippen LogP contribution in [0.4, 0.5) is 0 Å². The van der Waals surface area contributed by atoms with Gasteiger partial charge in [0.25, 0.3) is 6.04 Å². The molecule has 0 fully saturated rings. The van der Waals surface area contributed by atoms with Gasteiger partial charge in [-0.15, -0.1) is 0 Å². The lowest BCUT2D eigenvalue weighted by Gasteiger charge is -2.13. The summed E-state index contributed by atoms with van der Waals surface area (Å²) < 4.78 is 0. The Hall–Kier alpha value is -1.53. The van der Waals surface area contributed by atoms with Gasteiger partial charge in [-0.3, -0.25) is 15.1 Å². The molecular formula is C8H10N2O4. The molecule has 76 valence electrons. The van der Waals surface area contributed by atoms with Crippen molar-refractivity contribution in [3.8, 4) is 0 Å². The molecule has 0 spiro atoms. The van der Waals surface area contributed by atoms with Gasteiger partial charge in [0.15, 0.2) is 0 Å². The van der Waals surface area contributed by atoms with Gasteiger partial charge in [-0.1, -0.05) is 6.07 Å². The van der Waals surface area contributed by atoms with Crippen LogP contribution in [0, 0.1) is 10.1 Å². The lowest BCUT2D eigenvalue weighted by Crippen LogP contribution is -2.31. The molecule has 1 aromatic heterocycles. The van der Waals surface area contributed by atoms with Gasteiger partial charge < -0.3 is 10.2 Å². The van der Waals surface area contributed by atoms with E-state index in [0.717, 1.165) is 0 Å². The van der Waals surface area contributed by atoms with Gasteiger partial charge in [-0.25, -0.2) is 0 Å². The van der Waals surface area contributed by atoms with Crippen molar-refractivity contribution < 1.29 is 15.1 Å². The van der Waals surface area contributed by atoms with Crippen molar-refractivity contribution in [2.75, 3.05) is 6.61 Å². The Kier molecular flexibility index (Phi) is 3.49. The molecule has 2 N–H and O–H groups in total. The molecule has 1 heterocycles. The van der Waals surface area contributed by atoms with Crippen molar-refractivity contribution in [2.45, 2.75) is 12.1 Å². The summed E-state index contributed by atoms with van der Waals surface area (Å²) in [6.07, 6.45) is 1.50. The minimum Gasteiger partial charge on any atom is -0.389 e. The highest BCUT2D eigenvalue weighted by atomic mass is 16.6. The summed E-state index contributed by atoms with van der Waals surface area (Å²) in [5, 5.41) is 28.6. The number of hydrogen-bond donors (Lipinski definition) is 2. The normalized spacial score (nSPS) is 14.7. The van der Waals surface area contributed by atoms with E-state index >= 15 is 0 Å². The highest BCUT2D eigenvalue weighted by molar-refractivity contribution is 5.12. The highest BCUT2D eigenvalue weighted by Gasteiger charge is 2.30. The summed E-state index contributed by atoms with van der Waals surface area (Å²) in [7, 11) is 0. The van der Waals surface area contributed by atoms with E-state index in [1.165, 1.54) is 18.5 Å². The predicted octanol–water partition coefficient (Wildman–Crippen LogP) is -0.247. The summed E-state index contributed by atoms with van der Waals surface area (Å²) in [5.74, 6) is 0. The molecule has 0 unspecified atom stereocenters. The molecule has 0 aliphatic rings. The number of aliphatic hydroxyl groups excluding tert-OH is 2. The Morgan fingerprint density at radius 1 is 1.64 bits per heavy atom. The van der Waals surface area contributed by atoms with Crippen LogP contribution in [-0.4, -0.2) is 32.8 Å². The maximum absolute atomic E-state index is 10.4. The van der Waals surface area contributed by atoms with E-state index in [9.17, 15) is 15.2 Å². The largest absolute Gasteiger partial charge is 0.389 e. The number of nitro groups is 1. The van der Waals surface area contributed by atoms with Gasteiger partial charge in [-0.2, -0.15) is 0 Å². The third-order valence-electron chi connectivity index (χ3n) is 1.85. The maximum Gasteiger partial charge on any atom is 0.265 e. The fourth-order valence-corrected chi connectivity index (χ4v) is 1.05. The van der Waals surface area contributed by atoms with Crippen molar-refractivity contribution in [3.63, 3.8) is 0 Å². The van der Waals surface area contributed by atoms with E-state index in [2.05, 4.69) is 4.98 Å². The number of aromatic nitrogens is 1. The number of nitrogens with zero attached hydrogens (tertiary/aromatic N) is 2. The predicted molar refractivity (Wildman–Crippen MR) is 47.1 cm³/mol. The zero-order valence-electron chi connectivity index (χ0n) is 7.28. The molecule has 0 aromatic carbocycles. The summed E-state index contributed by atoms with van der Waals surface area (Å²) >= 11 is 0. The number of rotatable bonds is 4. The van der Waals surface area contributed by atoms with Crippen LogP contribution in [0.5, 0.6) is 0 Å². The van der Waals surface area contributed by atoms with E-state index in [1.54, 1.807) is 6.07 Å². The van der Waals surface area contributed by atoms with Crippen LogP contribution in [0.15, 0.2) is 24.5 Å². The van der Waals surface area contributed by atoms with E-state index in [-0.39, 0.29) is 0 Å². The molecular weight excluding hydrogens is 188 g/mol. The Balaban J connectivity index is 2.83. The van der Waals surface area contributed by atoms with Gasteiger partial charge in [0.1, 0.15) is 12.7 Å². The number of aliphatic hydroxyl groups is 2. The molecule has 1 rings (SSSR count). The van der Waals surface area contributed by atoms with Crippen LogP contribution in [0.3, 0.4) is 0 Å². The summed E-state index contributed by atoms with van der Waals surface area (Å²) in [5.41, 5.74) is 0.322. The molecule has 0 radical (unpaired) electrons. The van der Waals surface area contributed by atoms with Gasteiger partial charge in [0.05, 0.1) is 0 Å². The summed E-state index contributed by atoms with van der Waals surface area (Å²) in [6.45, 7) is -0.705. The molecule has 0 bridgehead atoms. The average molecular weight is 198 g/mol. The minimum atomic E-state index is -1.40. The van der Waals surface area contributed by atoms with E-state index in [1.807, 2.05) is 0 Å². The van der Waals surface area contributed by atoms with Crippen LogP contribution < -0.4 is 0 Å². The van der Waals surface area contributed by atoms with Crippen LogP contribution in [0.1, 0.15) is 11.7 Å². The molecule has 14 heavy (non-hydrogen) atoms. The third-order valence-corrected chi connectivity index (χ3v) is 1.85. The maximum atomic E-state index is 10.4. The van der Waals surface area contributed by atoms with Crippen molar-refractivity contribution in [1.29, 1.82) is 0 Å². The quantitative estimate of drug-likeness (QED) is 0.513. The standard InChI is InChI=1S/C8H10N2O4/c11-5-7(10(13)14)8(12)6-2-1-3-9-4-6/h1-4,7-8,11-12H,5H2/t7-,8+/m0/s1. The lowest BCUT2D eigenvalue weighted by molar-refractivity contribution is -0.539. The van der Waals surface area contributed by atoms with Crippen LogP contribution >= 0.6 is 0 Å². The molecule has 0 amide bonds. The Bertz CT molecular complexity index is 303. The average Bonchev–Trinajstić information content (AvgIpc) is 2.19. The van der Waals surface area contributed by atoms with Crippen molar-refractivity contribution >= 4 is 0 Å². The third kappa shape index (κ3) is 2.24. The molecule has 0 saturated heterocycles. The fraction of sp³-hybridized carbons (Fsp3) is 0.375. The SMILES string of the molecule is O=[N+]([O-])[C@@H](CO)[C@H](O)c1cccnc1. The molecule has 2 atom stereocenters. The van der Waals surface area contributed by atoms with Crippen LogP contribution in [0.2, 0.25) is 0 Å². The first-order valence-electron chi connectivity index (χ1n) is 3.99. The van der Waals surface area contributed by atoms with Gasteiger partial charge in [0, 0.05) is 22.9 Å². The molecule has 0 aliphatic carbocycles. The monoisotopic (exact) mass is 198 g/mol. The Morgan fingerprint density at radius 2 is 2.36 bits per heavy atom. The van der Waals surface area contributed by atoms with Gasteiger partial charge in [0.2, 0.25) is 0 Å². The molecule has 0 aliphatic heterocycles. The highest BCUT2D eigenvalue weighted by Crippen LogP contribution is 2.16. The topological polar surface area (TPSA) is 96.5 Å². The van der Waals surface area contributed by atoms with Gasteiger partial charge >= 0.3 is 0 Å². The number of pyridine rings is 1. The Labute approximate surface area is 80.0 Å². The summed E-state index contributed by atoms with van der Waals surface area (Å²) in [4.78, 5) is 13.4. The zero-order chi connectivity index (χ0) is 10.6. The van der Waals surface area contributed by atoms with Crippen LogP contribution in [0.25, 0.3) is 0 Å². The first-order chi connectivity index (χ1) is 6.66. The van der Waals surface area contributed by atoms with Crippen molar-refractivity contribution in [1.82, 2.24) is 4.98 Å². The van der Waals surface area contributed by atoms with Crippen molar-refractivity contribution in [3.05, 3.63) is 40.2 Å². The fourth-order valence-electron chi connectivity index (χ4n) is 1.05.